The summed E-state index contributed by atoms with van der Waals surface area (Å²) < 4.78 is 19.6. The van der Waals surface area contributed by atoms with Gasteiger partial charge in [0, 0.05) is 18.8 Å². The van der Waals surface area contributed by atoms with Crippen molar-refractivity contribution in [1.29, 1.82) is 0 Å². The molecule has 2 aromatic rings. The van der Waals surface area contributed by atoms with Gasteiger partial charge in [-0.05, 0) is 48.6 Å². The Kier molecular flexibility index (Phi) is 4.62. The standard InChI is InChI=1S/C19H22FNO/c1-21-16-9-12-19(18(20)13-16)22-17-10-7-15(8-11-17)14-5-3-2-4-6-14/h7-14,21H,2-6H2,1H3. The Morgan fingerprint density at radius 1 is 1.00 bits per heavy atom. The van der Waals surface area contributed by atoms with Crippen molar-refractivity contribution in [1.82, 2.24) is 0 Å². The van der Waals surface area contributed by atoms with Crippen molar-refractivity contribution >= 4 is 5.69 Å². The van der Waals surface area contributed by atoms with Crippen LogP contribution in [-0.2, 0) is 0 Å². The Hall–Kier alpha value is -2.03. The van der Waals surface area contributed by atoms with E-state index in [1.807, 2.05) is 12.1 Å². The van der Waals surface area contributed by atoms with E-state index in [1.54, 1.807) is 19.2 Å². The highest BCUT2D eigenvalue weighted by Gasteiger charge is 2.15. The smallest absolute Gasteiger partial charge is 0.167 e. The van der Waals surface area contributed by atoms with Gasteiger partial charge >= 0.3 is 0 Å². The molecule has 1 aliphatic carbocycles. The van der Waals surface area contributed by atoms with E-state index in [-0.39, 0.29) is 11.6 Å². The number of ether oxygens (including phenoxy) is 1. The van der Waals surface area contributed by atoms with Crippen molar-refractivity contribution in [2.24, 2.45) is 0 Å². The van der Waals surface area contributed by atoms with Crippen molar-refractivity contribution in [2.45, 2.75) is 38.0 Å². The molecule has 0 aliphatic heterocycles. The summed E-state index contributed by atoms with van der Waals surface area (Å²) >= 11 is 0. The SMILES string of the molecule is CNc1ccc(Oc2ccc(C3CCCCC3)cc2)c(F)c1. The second kappa shape index (κ2) is 6.82. The monoisotopic (exact) mass is 299 g/mol. The quantitative estimate of drug-likeness (QED) is 0.781. The second-order valence-electron chi connectivity index (χ2n) is 5.90. The molecule has 1 aliphatic rings. The maximum atomic E-state index is 13.9. The highest BCUT2D eigenvalue weighted by Crippen LogP contribution is 2.34. The average Bonchev–Trinajstić information content (AvgIpc) is 2.58. The van der Waals surface area contributed by atoms with E-state index in [0.717, 1.165) is 5.69 Å². The highest BCUT2D eigenvalue weighted by atomic mass is 19.1. The van der Waals surface area contributed by atoms with Gasteiger partial charge in [-0.2, -0.15) is 0 Å². The Labute approximate surface area is 131 Å². The first kappa shape index (κ1) is 14.9. The van der Waals surface area contributed by atoms with E-state index in [0.29, 0.717) is 11.7 Å². The van der Waals surface area contributed by atoms with Crippen LogP contribution < -0.4 is 10.1 Å². The summed E-state index contributed by atoms with van der Waals surface area (Å²) in [6, 6.07) is 13.0. The van der Waals surface area contributed by atoms with Crippen molar-refractivity contribution in [2.75, 3.05) is 12.4 Å². The minimum atomic E-state index is -0.358. The van der Waals surface area contributed by atoms with Crippen molar-refractivity contribution in [3.05, 3.63) is 53.8 Å². The summed E-state index contributed by atoms with van der Waals surface area (Å²) in [5.41, 5.74) is 2.11. The fraction of sp³-hybridized carbons (Fsp3) is 0.368. The largest absolute Gasteiger partial charge is 0.454 e. The maximum absolute atomic E-state index is 13.9. The lowest BCUT2D eigenvalue weighted by Crippen LogP contribution is -2.04. The van der Waals surface area contributed by atoms with Gasteiger partial charge in [0.1, 0.15) is 5.75 Å². The molecule has 0 spiro atoms. The summed E-state index contributed by atoms with van der Waals surface area (Å²) in [7, 11) is 1.76. The maximum Gasteiger partial charge on any atom is 0.167 e. The highest BCUT2D eigenvalue weighted by molar-refractivity contribution is 5.47. The number of halogens is 1. The van der Waals surface area contributed by atoms with Crippen molar-refractivity contribution in [3.8, 4) is 11.5 Å². The Balaban J connectivity index is 1.70. The van der Waals surface area contributed by atoms with Gasteiger partial charge in [0.05, 0.1) is 0 Å². The predicted molar refractivity (Wildman–Crippen MR) is 88.3 cm³/mol. The zero-order valence-corrected chi connectivity index (χ0v) is 12.9. The van der Waals surface area contributed by atoms with Crippen LogP contribution in [0.3, 0.4) is 0 Å². The molecule has 0 bridgehead atoms. The lowest BCUT2D eigenvalue weighted by molar-refractivity contribution is 0.436. The third-order valence-corrected chi connectivity index (χ3v) is 4.41. The van der Waals surface area contributed by atoms with Crippen LogP contribution in [0.25, 0.3) is 0 Å². The first-order valence-corrected chi connectivity index (χ1v) is 8.01. The molecule has 0 amide bonds. The molecule has 1 fully saturated rings. The number of hydrogen-bond acceptors (Lipinski definition) is 2. The van der Waals surface area contributed by atoms with Crippen LogP contribution in [0, 0.1) is 5.82 Å². The van der Waals surface area contributed by atoms with Crippen LogP contribution in [0.5, 0.6) is 11.5 Å². The molecular weight excluding hydrogens is 277 g/mol. The molecule has 116 valence electrons. The van der Waals surface area contributed by atoms with Crippen LogP contribution in [-0.4, -0.2) is 7.05 Å². The number of hydrogen-bond donors (Lipinski definition) is 1. The van der Waals surface area contributed by atoms with Crippen LogP contribution in [0.4, 0.5) is 10.1 Å². The number of anilines is 1. The molecule has 0 radical (unpaired) electrons. The second-order valence-corrected chi connectivity index (χ2v) is 5.90. The zero-order chi connectivity index (χ0) is 15.4. The van der Waals surface area contributed by atoms with Crippen molar-refractivity contribution in [3.63, 3.8) is 0 Å². The van der Waals surface area contributed by atoms with Crippen LogP contribution in [0.15, 0.2) is 42.5 Å². The minimum absolute atomic E-state index is 0.254. The van der Waals surface area contributed by atoms with Gasteiger partial charge in [-0.25, -0.2) is 4.39 Å². The number of rotatable bonds is 4. The van der Waals surface area contributed by atoms with Gasteiger partial charge in [-0.3, -0.25) is 0 Å². The summed E-state index contributed by atoms with van der Waals surface area (Å²) in [5, 5.41) is 2.91. The lowest BCUT2D eigenvalue weighted by Gasteiger charge is -2.22. The topological polar surface area (TPSA) is 21.3 Å². The van der Waals surface area contributed by atoms with Gasteiger partial charge < -0.3 is 10.1 Å². The third-order valence-electron chi connectivity index (χ3n) is 4.41. The summed E-state index contributed by atoms with van der Waals surface area (Å²) in [5.74, 6) is 1.25. The van der Waals surface area contributed by atoms with E-state index in [2.05, 4.69) is 17.4 Å². The molecule has 0 atom stereocenters. The molecular formula is C19H22FNO. The molecule has 2 aromatic carbocycles. The Bertz CT molecular complexity index is 618. The summed E-state index contributed by atoms with van der Waals surface area (Å²) in [6.45, 7) is 0. The van der Waals surface area contributed by atoms with E-state index in [1.165, 1.54) is 43.7 Å². The molecule has 22 heavy (non-hydrogen) atoms. The van der Waals surface area contributed by atoms with Gasteiger partial charge in [-0.15, -0.1) is 0 Å². The molecule has 0 heterocycles. The zero-order valence-electron chi connectivity index (χ0n) is 12.9. The van der Waals surface area contributed by atoms with Gasteiger partial charge in [0.25, 0.3) is 0 Å². The van der Waals surface area contributed by atoms with Crippen molar-refractivity contribution < 1.29 is 9.13 Å². The van der Waals surface area contributed by atoms with E-state index >= 15 is 0 Å². The normalized spacial score (nSPS) is 15.5. The summed E-state index contributed by atoms with van der Waals surface area (Å²) in [4.78, 5) is 0. The minimum Gasteiger partial charge on any atom is -0.454 e. The average molecular weight is 299 g/mol. The first-order valence-electron chi connectivity index (χ1n) is 8.01. The van der Waals surface area contributed by atoms with Gasteiger partial charge in [-0.1, -0.05) is 31.4 Å². The van der Waals surface area contributed by atoms with E-state index in [4.69, 9.17) is 4.74 Å². The number of benzene rings is 2. The van der Waals surface area contributed by atoms with Gasteiger partial charge in [0.15, 0.2) is 11.6 Å². The van der Waals surface area contributed by atoms with Crippen LogP contribution in [0.1, 0.15) is 43.6 Å². The molecule has 1 saturated carbocycles. The molecule has 0 unspecified atom stereocenters. The van der Waals surface area contributed by atoms with E-state index in [9.17, 15) is 4.39 Å². The molecule has 0 saturated heterocycles. The fourth-order valence-corrected chi connectivity index (χ4v) is 3.11. The number of nitrogens with one attached hydrogen (secondary N) is 1. The van der Waals surface area contributed by atoms with E-state index < -0.39 is 0 Å². The van der Waals surface area contributed by atoms with Crippen LogP contribution in [0.2, 0.25) is 0 Å². The molecule has 2 nitrogen and oxygen atoms in total. The first-order chi connectivity index (χ1) is 10.8. The molecule has 1 N–H and O–H groups in total. The Morgan fingerprint density at radius 2 is 1.73 bits per heavy atom. The molecule has 3 rings (SSSR count). The summed E-state index contributed by atoms with van der Waals surface area (Å²) in [6.07, 6.45) is 6.57. The van der Waals surface area contributed by atoms with Gasteiger partial charge in [0.2, 0.25) is 0 Å². The lowest BCUT2D eigenvalue weighted by atomic mass is 9.84. The molecule has 3 heteroatoms. The Morgan fingerprint density at radius 3 is 2.36 bits per heavy atom. The molecule has 0 aromatic heterocycles. The third kappa shape index (κ3) is 3.41. The fourth-order valence-electron chi connectivity index (χ4n) is 3.11. The van der Waals surface area contributed by atoms with Crippen LogP contribution >= 0.6 is 0 Å². The predicted octanol–water partition coefficient (Wildman–Crippen LogP) is 5.71.